The van der Waals surface area contributed by atoms with Crippen LogP contribution in [0.1, 0.15) is 12.1 Å². The molecule has 26 heavy (non-hydrogen) atoms. The molecule has 138 valence electrons. The number of rotatable bonds is 4. The van der Waals surface area contributed by atoms with Crippen LogP contribution < -0.4 is 10.2 Å². The molecule has 1 N–H and O–H groups in total. The summed E-state index contributed by atoms with van der Waals surface area (Å²) in [6, 6.07) is 3.92. The molecule has 2 saturated heterocycles. The zero-order valence-corrected chi connectivity index (χ0v) is 15.0. The maximum absolute atomic E-state index is 6.24. The Morgan fingerprint density at radius 1 is 1.31 bits per heavy atom. The molecular formula is C18H24N6O2. The maximum Gasteiger partial charge on any atom is 0.148 e. The summed E-state index contributed by atoms with van der Waals surface area (Å²) in [5.74, 6) is 2.08. The second-order valence-corrected chi connectivity index (χ2v) is 7.04. The largest absolute Gasteiger partial charge is 0.377 e. The summed E-state index contributed by atoms with van der Waals surface area (Å²) >= 11 is 0. The van der Waals surface area contributed by atoms with Gasteiger partial charge in [0.1, 0.15) is 17.2 Å². The maximum atomic E-state index is 6.24. The van der Waals surface area contributed by atoms with Crippen molar-refractivity contribution < 1.29 is 9.47 Å². The highest BCUT2D eigenvalue weighted by Crippen LogP contribution is 2.33. The van der Waals surface area contributed by atoms with Crippen LogP contribution >= 0.6 is 0 Å². The van der Waals surface area contributed by atoms with Crippen LogP contribution in [0.25, 0.3) is 0 Å². The number of anilines is 2. The monoisotopic (exact) mass is 356 g/mol. The number of aromatic nitrogens is 4. The van der Waals surface area contributed by atoms with E-state index >= 15 is 0 Å². The van der Waals surface area contributed by atoms with Crippen molar-refractivity contribution in [2.75, 3.05) is 49.7 Å². The van der Waals surface area contributed by atoms with Crippen LogP contribution in [0.5, 0.6) is 0 Å². The second-order valence-electron chi connectivity index (χ2n) is 7.04. The van der Waals surface area contributed by atoms with E-state index in [4.69, 9.17) is 9.47 Å². The van der Waals surface area contributed by atoms with Gasteiger partial charge in [0.15, 0.2) is 0 Å². The molecule has 2 aromatic heterocycles. The van der Waals surface area contributed by atoms with Crippen molar-refractivity contribution in [2.45, 2.75) is 18.9 Å². The SMILES string of the molecule is Cc1ccc(NC[C@@H]2CO[C@]3(COCCN(c4cnccn4)C3)C2)nn1. The highest BCUT2D eigenvalue weighted by atomic mass is 16.5. The number of nitrogens with one attached hydrogen (secondary N) is 1. The Bertz CT molecular complexity index is 713. The van der Waals surface area contributed by atoms with Crippen LogP contribution in [-0.4, -0.2) is 65.2 Å². The molecule has 2 fully saturated rings. The van der Waals surface area contributed by atoms with Crippen molar-refractivity contribution in [1.29, 1.82) is 0 Å². The molecule has 0 amide bonds. The molecule has 4 heterocycles. The Labute approximate surface area is 153 Å². The summed E-state index contributed by atoms with van der Waals surface area (Å²) in [4.78, 5) is 10.8. The molecule has 8 nitrogen and oxygen atoms in total. The Morgan fingerprint density at radius 2 is 2.27 bits per heavy atom. The summed E-state index contributed by atoms with van der Waals surface area (Å²) in [5, 5.41) is 11.6. The van der Waals surface area contributed by atoms with E-state index in [9.17, 15) is 0 Å². The Morgan fingerprint density at radius 3 is 3.08 bits per heavy atom. The summed E-state index contributed by atoms with van der Waals surface area (Å²) in [6.45, 7) is 6.31. The van der Waals surface area contributed by atoms with Gasteiger partial charge in [-0.05, 0) is 25.5 Å². The molecule has 0 aromatic carbocycles. The minimum Gasteiger partial charge on any atom is -0.377 e. The molecule has 0 aliphatic carbocycles. The number of hydrogen-bond acceptors (Lipinski definition) is 8. The fourth-order valence-electron chi connectivity index (χ4n) is 3.58. The van der Waals surface area contributed by atoms with Gasteiger partial charge in [-0.25, -0.2) is 4.98 Å². The number of nitrogens with zero attached hydrogens (tertiary/aromatic N) is 5. The summed E-state index contributed by atoms with van der Waals surface area (Å²) < 4.78 is 12.1. The average molecular weight is 356 g/mol. The Balaban J connectivity index is 1.38. The first-order valence-electron chi connectivity index (χ1n) is 8.99. The third-order valence-electron chi connectivity index (χ3n) is 4.88. The Hall–Kier alpha value is -2.32. The van der Waals surface area contributed by atoms with Crippen LogP contribution in [0.4, 0.5) is 11.6 Å². The average Bonchev–Trinajstić information content (AvgIpc) is 2.95. The molecule has 0 unspecified atom stereocenters. The fraction of sp³-hybridized carbons (Fsp3) is 0.556. The third-order valence-corrected chi connectivity index (χ3v) is 4.88. The highest BCUT2D eigenvalue weighted by Gasteiger charge is 2.43. The summed E-state index contributed by atoms with van der Waals surface area (Å²) in [7, 11) is 0. The highest BCUT2D eigenvalue weighted by molar-refractivity contribution is 5.36. The molecule has 4 rings (SSSR count). The molecule has 1 spiro atoms. The van der Waals surface area contributed by atoms with E-state index in [1.165, 1.54) is 0 Å². The van der Waals surface area contributed by atoms with Crippen molar-refractivity contribution in [3.63, 3.8) is 0 Å². The number of ether oxygens (including phenoxy) is 2. The molecule has 2 aromatic rings. The van der Waals surface area contributed by atoms with E-state index in [0.717, 1.165) is 43.4 Å². The van der Waals surface area contributed by atoms with E-state index in [0.29, 0.717) is 25.7 Å². The van der Waals surface area contributed by atoms with Crippen LogP contribution in [0, 0.1) is 12.8 Å². The fourth-order valence-corrected chi connectivity index (χ4v) is 3.58. The summed E-state index contributed by atoms with van der Waals surface area (Å²) in [5.41, 5.74) is 0.623. The van der Waals surface area contributed by atoms with Crippen LogP contribution in [0.2, 0.25) is 0 Å². The van der Waals surface area contributed by atoms with Gasteiger partial charge in [-0.1, -0.05) is 0 Å². The molecule has 0 radical (unpaired) electrons. The number of aryl methyl sites for hydroxylation is 1. The van der Waals surface area contributed by atoms with Crippen molar-refractivity contribution in [2.24, 2.45) is 5.92 Å². The molecule has 8 heteroatoms. The molecule has 2 aliphatic rings. The van der Waals surface area contributed by atoms with E-state index in [-0.39, 0.29) is 5.60 Å². The van der Waals surface area contributed by atoms with Crippen molar-refractivity contribution >= 4 is 11.6 Å². The van der Waals surface area contributed by atoms with E-state index in [1.807, 2.05) is 19.1 Å². The van der Waals surface area contributed by atoms with Gasteiger partial charge >= 0.3 is 0 Å². The predicted molar refractivity (Wildman–Crippen MR) is 97.1 cm³/mol. The smallest absolute Gasteiger partial charge is 0.148 e. The lowest BCUT2D eigenvalue weighted by atomic mass is 9.94. The summed E-state index contributed by atoms with van der Waals surface area (Å²) in [6.07, 6.45) is 6.15. The lowest BCUT2D eigenvalue weighted by Crippen LogP contribution is -2.44. The molecule has 0 saturated carbocycles. The van der Waals surface area contributed by atoms with Crippen molar-refractivity contribution in [3.8, 4) is 0 Å². The zero-order chi connectivity index (χ0) is 17.8. The van der Waals surface area contributed by atoms with Crippen LogP contribution in [0.15, 0.2) is 30.7 Å². The molecule has 0 bridgehead atoms. The normalized spacial score (nSPS) is 26.0. The minimum absolute atomic E-state index is 0.292. The van der Waals surface area contributed by atoms with Gasteiger partial charge in [-0.15, -0.1) is 5.10 Å². The first-order valence-corrected chi connectivity index (χ1v) is 8.99. The van der Waals surface area contributed by atoms with Gasteiger partial charge in [0, 0.05) is 31.4 Å². The van der Waals surface area contributed by atoms with E-state index in [2.05, 4.69) is 30.4 Å². The van der Waals surface area contributed by atoms with Gasteiger partial charge in [0.2, 0.25) is 0 Å². The van der Waals surface area contributed by atoms with Crippen LogP contribution in [0.3, 0.4) is 0 Å². The molecular weight excluding hydrogens is 332 g/mol. The van der Waals surface area contributed by atoms with Crippen molar-refractivity contribution in [1.82, 2.24) is 20.2 Å². The van der Waals surface area contributed by atoms with Gasteiger partial charge < -0.3 is 19.7 Å². The molecule has 2 atom stereocenters. The quantitative estimate of drug-likeness (QED) is 0.877. The Kier molecular flexibility index (Phi) is 4.94. The van der Waals surface area contributed by atoms with Gasteiger partial charge in [-0.3, -0.25) is 4.98 Å². The topological polar surface area (TPSA) is 85.3 Å². The second kappa shape index (κ2) is 7.51. The lowest BCUT2D eigenvalue weighted by molar-refractivity contribution is -0.0457. The van der Waals surface area contributed by atoms with E-state index < -0.39 is 0 Å². The first kappa shape index (κ1) is 17.1. The lowest BCUT2D eigenvalue weighted by Gasteiger charge is -2.31. The molecule has 2 aliphatic heterocycles. The van der Waals surface area contributed by atoms with Gasteiger partial charge in [0.25, 0.3) is 0 Å². The van der Waals surface area contributed by atoms with Crippen molar-refractivity contribution in [3.05, 3.63) is 36.4 Å². The minimum atomic E-state index is -0.292. The van der Waals surface area contributed by atoms with Gasteiger partial charge in [0.05, 0.1) is 38.3 Å². The zero-order valence-electron chi connectivity index (χ0n) is 15.0. The van der Waals surface area contributed by atoms with E-state index in [1.54, 1.807) is 18.6 Å². The standard InChI is InChI=1S/C18H24N6O2/c1-14-2-3-16(23-22-14)21-9-15-8-18(26-11-15)12-24(6-7-25-13-18)17-10-19-4-5-20-17/h2-5,10,15H,6-9,11-13H2,1H3,(H,21,23)/t15-,18-/m1/s1. The third kappa shape index (κ3) is 3.91. The predicted octanol–water partition coefficient (Wildman–Crippen LogP) is 1.30. The van der Waals surface area contributed by atoms with Crippen LogP contribution in [-0.2, 0) is 9.47 Å². The van der Waals surface area contributed by atoms with Gasteiger partial charge in [-0.2, -0.15) is 5.10 Å². The number of hydrogen-bond donors (Lipinski definition) is 1. The first-order chi connectivity index (χ1) is 12.7.